The van der Waals surface area contributed by atoms with Gasteiger partial charge >= 0.3 is 6.03 Å². The smallest absolute Gasteiger partial charge is 0.307 e. The molecule has 2 amide bonds. The SMILES string of the molecule is CC(C)c1cccc(C(C)C)c1NC(=O)N1CCS[C@@H]1c1ccccc1F. The summed E-state index contributed by atoms with van der Waals surface area (Å²) in [5, 5.41) is 2.86. The number of urea groups is 1. The van der Waals surface area contributed by atoms with Crippen LogP contribution >= 0.6 is 11.8 Å². The van der Waals surface area contributed by atoms with E-state index in [0.717, 1.165) is 22.6 Å². The molecule has 2 aromatic rings. The molecule has 1 aliphatic rings. The number of hydrogen-bond donors (Lipinski definition) is 1. The maximum Gasteiger partial charge on any atom is 0.323 e. The third-order valence-electron chi connectivity index (χ3n) is 4.93. The summed E-state index contributed by atoms with van der Waals surface area (Å²) in [6, 6.07) is 12.7. The van der Waals surface area contributed by atoms with Crippen molar-refractivity contribution in [3.05, 3.63) is 65.0 Å². The number of benzene rings is 2. The Labute approximate surface area is 165 Å². The Morgan fingerprint density at radius 3 is 2.30 bits per heavy atom. The lowest BCUT2D eigenvalue weighted by molar-refractivity contribution is 0.213. The highest BCUT2D eigenvalue weighted by Gasteiger charge is 2.33. The van der Waals surface area contributed by atoms with Crippen LogP contribution in [0.5, 0.6) is 0 Å². The van der Waals surface area contributed by atoms with E-state index < -0.39 is 0 Å². The van der Waals surface area contributed by atoms with Crippen molar-refractivity contribution in [2.24, 2.45) is 0 Å². The van der Waals surface area contributed by atoms with Gasteiger partial charge in [-0.2, -0.15) is 0 Å². The zero-order valence-corrected chi connectivity index (χ0v) is 17.1. The lowest BCUT2D eigenvalue weighted by Gasteiger charge is -2.27. The highest BCUT2D eigenvalue weighted by Crippen LogP contribution is 2.40. The summed E-state index contributed by atoms with van der Waals surface area (Å²) in [7, 11) is 0. The molecule has 2 aromatic carbocycles. The zero-order valence-electron chi connectivity index (χ0n) is 16.3. The first-order valence-electron chi connectivity index (χ1n) is 9.46. The molecule has 0 radical (unpaired) electrons. The van der Waals surface area contributed by atoms with Gasteiger partial charge in [0.2, 0.25) is 0 Å². The molecule has 1 atom stereocenters. The van der Waals surface area contributed by atoms with E-state index in [-0.39, 0.29) is 17.2 Å². The van der Waals surface area contributed by atoms with Gasteiger partial charge < -0.3 is 10.2 Å². The van der Waals surface area contributed by atoms with Gasteiger partial charge in [0, 0.05) is 23.5 Å². The molecule has 0 saturated carbocycles. The monoisotopic (exact) mass is 386 g/mol. The summed E-state index contributed by atoms with van der Waals surface area (Å²) in [5.74, 6) is 1.14. The number of carbonyl (C=O) groups excluding carboxylic acids is 1. The predicted molar refractivity (Wildman–Crippen MR) is 112 cm³/mol. The van der Waals surface area contributed by atoms with Crippen LogP contribution in [0, 0.1) is 5.82 Å². The molecule has 1 fully saturated rings. The average Bonchev–Trinajstić information content (AvgIpc) is 3.11. The fraction of sp³-hybridized carbons (Fsp3) is 0.409. The second kappa shape index (κ2) is 8.34. The number of carbonyl (C=O) groups is 1. The Morgan fingerprint density at radius 2 is 1.70 bits per heavy atom. The summed E-state index contributed by atoms with van der Waals surface area (Å²) in [6.45, 7) is 9.12. The van der Waals surface area contributed by atoms with Crippen molar-refractivity contribution in [1.29, 1.82) is 0 Å². The number of halogens is 1. The number of nitrogens with one attached hydrogen (secondary N) is 1. The maximum absolute atomic E-state index is 14.3. The molecular formula is C22H27FN2OS. The summed E-state index contributed by atoms with van der Waals surface area (Å²) >= 11 is 1.60. The van der Waals surface area contributed by atoms with Crippen molar-refractivity contribution in [2.45, 2.75) is 44.9 Å². The third-order valence-corrected chi connectivity index (χ3v) is 6.17. The molecule has 1 heterocycles. The Morgan fingerprint density at radius 1 is 1.07 bits per heavy atom. The summed E-state index contributed by atoms with van der Waals surface area (Å²) in [6.07, 6.45) is 0. The molecule has 5 heteroatoms. The maximum atomic E-state index is 14.3. The number of para-hydroxylation sites is 1. The molecule has 0 unspecified atom stereocenters. The quantitative estimate of drug-likeness (QED) is 0.664. The fourth-order valence-electron chi connectivity index (χ4n) is 3.49. The third kappa shape index (κ3) is 4.13. The Hall–Kier alpha value is -2.01. The molecule has 3 rings (SSSR count). The molecule has 27 heavy (non-hydrogen) atoms. The van der Waals surface area contributed by atoms with Gasteiger partial charge in [0.15, 0.2) is 0 Å². The van der Waals surface area contributed by atoms with Crippen molar-refractivity contribution < 1.29 is 9.18 Å². The van der Waals surface area contributed by atoms with Crippen molar-refractivity contribution in [2.75, 3.05) is 17.6 Å². The van der Waals surface area contributed by atoms with E-state index in [1.165, 1.54) is 6.07 Å². The van der Waals surface area contributed by atoms with Crippen molar-refractivity contribution in [3.8, 4) is 0 Å². The van der Waals surface area contributed by atoms with Gasteiger partial charge in [-0.25, -0.2) is 9.18 Å². The van der Waals surface area contributed by atoms with E-state index in [9.17, 15) is 9.18 Å². The zero-order chi connectivity index (χ0) is 19.6. The summed E-state index contributed by atoms with van der Waals surface area (Å²) in [4.78, 5) is 14.9. The first-order valence-corrected chi connectivity index (χ1v) is 10.5. The molecule has 0 spiro atoms. The van der Waals surface area contributed by atoms with E-state index in [1.807, 2.05) is 12.1 Å². The molecule has 0 aliphatic carbocycles. The number of thioether (sulfide) groups is 1. The molecule has 0 aromatic heterocycles. The largest absolute Gasteiger partial charge is 0.323 e. The first-order chi connectivity index (χ1) is 12.9. The number of hydrogen-bond acceptors (Lipinski definition) is 2. The highest BCUT2D eigenvalue weighted by molar-refractivity contribution is 7.99. The van der Waals surface area contributed by atoms with Crippen LogP contribution in [0.25, 0.3) is 0 Å². The number of nitrogens with zero attached hydrogens (tertiary/aromatic N) is 1. The summed E-state index contributed by atoms with van der Waals surface area (Å²) < 4.78 is 14.3. The Bertz CT molecular complexity index is 795. The molecular weight excluding hydrogens is 359 g/mol. The van der Waals surface area contributed by atoms with Gasteiger partial charge in [-0.15, -0.1) is 11.8 Å². The Kier molecular flexibility index (Phi) is 6.10. The normalized spacial score (nSPS) is 17.0. The minimum absolute atomic E-state index is 0.164. The van der Waals surface area contributed by atoms with Crippen LogP contribution in [0.1, 0.15) is 61.6 Å². The Balaban J connectivity index is 1.90. The number of anilines is 1. The molecule has 0 bridgehead atoms. The molecule has 1 N–H and O–H groups in total. The van der Waals surface area contributed by atoms with Gasteiger partial charge in [-0.1, -0.05) is 64.1 Å². The molecule has 3 nitrogen and oxygen atoms in total. The fourth-order valence-corrected chi connectivity index (χ4v) is 4.76. The highest BCUT2D eigenvalue weighted by atomic mass is 32.2. The van der Waals surface area contributed by atoms with Gasteiger partial charge in [0.05, 0.1) is 0 Å². The van der Waals surface area contributed by atoms with Gasteiger partial charge in [0.25, 0.3) is 0 Å². The first kappa shape index (κ1) is 19.7. The number of amides is 2. The van der Waals surface area contributed by atoms with Gasteiger partial charge in [0.1, 0.15) is 11.2 Å². The minimum Gasteiger partial charge on any atom is -0.307 e. The number of rotatable bonds is 4. The van der Waals surface area contributed by atoms with Gasteiger partial charge in [-0.05, 0) is 29.0 Å². The van der Waals surface area contributed by atoms with Crippen molar-refractivity contribution >= 4 is 23.5 Å². The van der Waals surface area contributed by atoms with Crippen LogP contribution in [0.15, 0.2) is 42.5 Å². The van der Waals surface area contributed by atoms with Crippen LogP contribution in [0.4, 0.5) is 14.9 Å². The second-order valence-corrected chi connectivity index (χ2v) is 8.68. The van der Waals surface area contributed by atoms with Crippen molar-refractivity contribution in [3.63, 3.8) is 0 Å². The van der Waals surface area contributed by atoms with Crippen LogP contribution < -0.4 is 5.32 Å². The van der Waals surface area contributed by atoms with E-state index in [2.05, 4.69) is 45.1 Å². The van der Waals surface area contributed by atoms with E-state index in [1.54, 1.807) is 28.8 Å². The summed E-state index contributed by atoms with van der Waals surface area (Å²) in [5.41, 5.74) is 3.72. The molecule has 144 valence electrons. The van der Waals surface area contributed by atoms with E-state index in [0.29, 0.717) is 23.9 Å². The van der Waals surface area contributed by atoms with Crippen LogP contribution in [-0.4, -0.2) is 23.2 Å². The van der Waals surface area contributed by atoms with Crippen LogP contribution in [0.3, 0.4) is 0 Å². The second-order valence-electron chi connectivity index (χ2n) is 7.49. The van der Waals surface area contributed by atoms with E-state index >= 15 is 0 Å². The molecule has 1 aliphatic heterocycles. The van der Waals surface area contributed by atoms with Gasteiger partial charge in [-0.3, -0.25) is 0 Å². The predicted octanol–water partition coefficient (Wildman–Crippen LogP) is 6.35. The minimum atomic E-state index is -0.292. The van der Waals surface area contributed by atoms with Crippen LogP contribution in [-0.2, 0) is 0 Å². The lowest BCUT2D eigenvalue weighted by Crippen LogP contribution is -2.35. The van der Waals surface area contributed by atoms with E-state index in [4.69, 9.17) is 0 Å². The average molecular weight is 387 g/mol. The van der Waals surface area contributed by atoms with Crippen LogP contribution in [0.2, 0.25) is 0 Å². The lowest BCUT2D eigenvalue weighted by atomic mass is 9.93. The molecule has 1 saturated heterocycles. The topological polar surface area (TPSA) is 32.3 Å². The standard InChI is InChI=1S/C22H27FN2OS/c1-14(2)16-9-7-10-17(15(3)4)20(16)24-22(26)25-12-13-27-21(25)18-8-5-6-11-19(18)23/h5-11,14-15,21H,12-13H2,1-4H3,(H,24,26)/t21-/m1/s1. The van der Waals surface area contributed by atoms with Crippen molar-refractivity contribution in [1.82, 2.24) is 4.90 Å².